The van der Waals surface area contributed by atoms with Crippen molar-refractivity contribution >= 4 is 46.1 Å². The number of nitrogens with zero attached hydrogens (tertiary/aromatic N) is 2. The standard InChI is InChI=1S/C10H9ClN4OS/c11-6-3-4-7-9(15-17-14-7)8(6)13-10(16)12-5-1-2-5/h3-5H,1-2H2,(H2,12,13,16). The molecule has 0 spiro atoms. The van der Waals surface area contributed by atoms with E-state index in [-0.39, 0.29) is 6.03 Å². The second-order valence-electron chi connectivity index (χ2n) is 3.93. The third kappa shape index (κ3) is 2.18. The maximum Gasteiger partial charge on any atom is 0.319 e. The number of carbonyl (C=O) groups excluding carboxylic acids is 1. The summed E-state index contributed by atoms with van der Waals surface area (Å²) in [5.41, 5.74) is 1.89. The van der Waals surface area contributed by atoms with Gasteiger partial charge in [0.15, 0.2) is 0 Å². The quantitative estimate of drug-likeness (QED) is 0.880. The van der Waals surface area contributed by atoms with E-state index in [9.17, 15) is 4.79 Å². The van der Waals surface area contributed by atoms with E-state index in [0.717, 1.165) is 30.1 Å². The summed E-state index contributed by atoms with van der Waals surface area (Å²) in [6, 6.07) is 3.56. The lowest BCUT2D eigenvalue weighted by Crippen LogP contribution is -2.30. The van der Waals surface area contributed by atoms with Gasteiger partial charge in [0, 0.05) is 6.04 Å². The molecule has 7 heteroatoms. The van der Waals surface area contributed by atoms with Gasteiger partial charge in [0.1, 0.15) is 11.0 Å². The molecule has 0 radical (unpaired) electrons. The van der Waals surface area contributed by atoms with E-state index >= 15 is 0 Å². The fourth-order valence-electron chi connectivity index (χ4n) is 1.51. The maximum absolute atomic E-state index is 11.7. The zero-order valence-electron chi connectivity index (χ0n) is 8.74. The van der Waals surface area contributed by atoms with Crippen molar-refractivity contribution in [3.8, 4) is 0 Å². The van der Waals surface area contributed by atoms with Gasteiger partial charge >= 0.3 is 6.03 Å². The maximum atomic E-state index is 11.7. The summed E-state index contributed by atoms with van der Waals surface area (Å²) in [5.74, 6) is 0. The molecule has 1 fully saturated rings. The van der Waals surface area contributed by atoms with Crippen molar-refractivity contribution in [3.63, 3.8) is 0 Å². The molecule has 17 heavy (non-hydrogen) atoms. The van der Waals surface area contributed by atoms with Crippen molar-refractivity contribution in [1.29, 1.82) is 0 Å². The molecule has 1 saturated carbocycles. The second-order valence-corrected chi connectivity index (χ2v) is 4.86. The van der Waals surface area contributed by atoms with Gasteiger partial charge in [-0.2, -0.15) is 8.75 Å². The molecule has 5 nitrogen and oxygen atoms in total. The Kier molecular flexibility index (Phi) is 2.60. The SMILES string of the molecule is O=C(Nc1c(Cl)ccc2nsnc12)NC1CC1. The van der Waals surface area contributed by atoms with Crippen molar-refractivity contribution < 1.29 is 4.79 Å². The molecule has 1 aromatic carbocycles. The third-order valence-corrected chi connectivity index (χ3v) is 3.39. The molecule has 1 heterocycles. The van der Waals surface area contributed by atoms with Gasteiger partial charge in [0.25, 0.3) is 0 Å². The van der Waals surface area contributed by atoms with Crippen LogP contribution in [0.25, 0.3) is 11.0 Å². The smallest absolute Gasteiger partial charge is 0.319 e. The monoisotopic (exact) mass is 268 g/mol. The minimum Gasteiger partial charge on any atom is -0.335 e. The summed E-state index contributed by atoms with van der Waals surface area (Å²) in [6.07, 6.45) is 2.09. The normalized spacial score (nSPS) is 14.9. The lowest BCUT2D eigenvalue weighted by molar-refractivity contribution is 0.252. The van der Waals surface area contributed by atoms with E-state index in [2.05, 4.69) is 19.4 Å². The summed E-state index contributed by atoms with van der Waals surface area (Å²) in [5, 5.41) is 6.03. The van der Waals surface area contributed by atoms with Gasteiger partial charge < -0.3 is 10.6 Å². The first-order chi connectivity index (χ1) is 8.24. The molecule has 0 unspecified atom stereocenters. The molecule has 88 valence electrons. The Morgan fingerprint density at radius 2 is 2.24 bits per heavy atom. The number of halogens is 1. The Balaban J connectivity index is 1.89. The largest absolute Gasteiger partial charge is 0.335 e. The first kappa shape index (κ1) is 10.7. The number of urea groups is 1. The third-order valence-electron chi connectivity index (χ3n) is 2.53. The van der Waals surface area contributed by atoms with Crippen LogP contribution in [0, 0.1) is 0 Å². The summed E-state index contributed by atoms with van der Waals surface area (Å²) < 4.78 is 8.23. The number of carbonyl (C=O) groups is 1. The molecule has 1 aliphatic carbocycles. The molecule has 2 N–H and O–H groups in total. The lowest BCUT2D eigenvalue weighted by Gasteiger charge is -2.08. The number of fused-ring (bicyclic) bond motifs is 1. The minimum absolute atomic E-state index is 0.241. The number of benzene rings is 1. The second kappa shape index (κ2) is 4.12. The van der Waals surface area contributed by atoms with Gasteiger partial charge in [-0.05, 0) is 25.0 Å². The van der Waals surface area contributed by atoms with Crippen molar-refractivity contribution in [2.45, 2.75) is 18.9 Å². The molecule has 0 aliphatic heterocycles. The molecule has 2 amide bonds. The van der Waals surface area contributed by atoms with Crippen molar-refractivity contribution in [2.24, 2.45) is 0 Å². The molecular formula is C10H9ClN4OS. The van der Waals surface area contributed by atoms with E-state index in [1.807, 2.05) is 0 Å². The number of amides is 2. The number of aromatic nitrogens is 2. The van der Waals surface area contributed by atoms with Crippen LogP contribution in [0.4, 0.5) is 10.5 Å². The van der Waals surface area contributed by atoms with Gasteiger partial charge in [-0.15, -0.1) is 0 Å². The van der Waals surface area contributed by atoms with E-state index < -0.39 is 0 Å². The minimum atomic E-state index is -0.241. The van der Waals surface area contributed by atoms with Crippen molar-refractivity contribution in [1.82, 2.24) is 14.1 Å². The first-order valence-corrected chi connectivity index (χ1v) is 6.33. The van der Waals surface area contributed by atoms with Gasteiger partial charge in [-0.3, -0.25) is 0 Å². The van der Waals surface area contributed by atoms with Crippen LogP contribution in [0.3, 0.4) is 0 Å². The van der Waals surface area contributed by atoms with Crippen LogP contribution in [-0.4, -0.2) is 20.8 Å². The van der Waals surface area contributed by atoms with Crippen LogP contribution in [0.5, 0.6) is 0 Å². The summed E-state index contributed by atoms with van der Waals surface area (Å²) >= 11 is 7.15. The molecule has 3 rings (SSSR count). The van der Waals surface area contributed by atoms with Crippen LogP contribution in [0.1, 0.15) is 12.8 Å². The molecule has 0 saturated heterocycles. The number of hydrogen-bond donors (Lipinski definition) is 2. The fourth-order valence-corrected chi connectivity index (χ4v) is 2.25. The van der Waals surface area contributed by atoms with Crippen molar-refractivity contribution in [2.75, 3.05) is 5.32 Å². The highest BCUT2D eigenvalue weighted by molar-refractivity contribution is 7.00. The van der Waals surface area contributed by atoms with Crippen LogP contribution in [-0.2, 0) is 0 Å². The first-order valence-electron chi connectivity index (χ1n) is 5.22. The molecular weight excluding hydrogens is 260 g/mol. The van der Waals surface area contributed by atoms with Crippen LogP contribution < -0.4 is 10.6 Å². The van der Waals surface area contributed by atoms with E-state index in [1.54, 1.807) is 12.1 Å². The van der Waals surface area contributed by atoms with E-state index in [1.165, 1.54) is 0 Å². The highest BCUT2D eigenvalue weighted by Gasteiger charge is 2.24. The predicted molar refractivity (Wildman–Crippen MR) is 67.6 cm³/mol. The summed E-state index contributed by atoms with van der Waals surface area (Å²) in [4.78, 5) is 11.7. The van der Waals surface area contributed by atoms with Crippen LogP contribution >= 0.6 is 23.3 Å². The Labute approximate surface area is 106 Å². The van der Waals surface area contributed by atoms with E-state index in [4.69, 9.17) is 11.6 Å². The van der Waals surface area contributed by atoms with Gasteiger partial charge in [-0.1, -0.05) is 11.6 Å². The topological polar surface area (TPSA) is 66.9 Å². The van der Waals surface area contributed by atoms with Gasteiger partial charge in [-0.25, -0.2) is 4.79 Å². The van der Waals surface area contributed by atoms with Gasteiger partial charge in [0.2, 0.25) is 0 Å². The zero-order valence-corrected chi connectivity index (χ0v) is 10.3. The average Bonchev–Trinajstić information content (AvgIpc) is 2.96. The van der Waals surface area contributed by atoms with Crippen LogP contribution in [0.2, 0.25) is 5.02 Å². The molecule has 0 atom stereocenters. The molecule has 1 aromatic heterocycles. The van der Waals surface area contributed by atoms with Gasteiger partial charge in [0.05, 0.1) is 22.4 Å². The Morgan fingerprint density at radius 3 is 3.00 bits per heavy atom. The number of anilines is 1. The average molecular weight is 269 g/mol. The van der Waals surface area contributed by atoms with E-state index in [0.29, 0.717) is 22.3 Å². The zero-order chi connectivity index (χ0) is 11.8. The Hall–Kier alpha value is -1.40. The predicted octanol–water partition coefficient (Wildman–Crippen LogP) is 2.63. The molecule has 1 aliphatic rings. The number of rotatable bonds is 2. The number of nitrogens with one attached hydrogen (secondary N) is 2. The summed E-state index contributed by atoms with van der Waals surface area (Å²) in [7, 11) is 0. The lowest BCUT2D eigenvalue weighted by atomic mass is 10.2. The Bertz CT molecular complexity index is 581. The van der Waals surface area contributed by atoms with Crippen molar-refractivity contribution in [3.05, 3.63) is 17.2 Å². The Morgan fingerprint density at radius 1 is 1.41 bits per heavy atom. The fraction of sp³-hybridized carbons (Fsp3) is 0.300. The molecule has 0 bridgehead atoms. The highest BCUT2D eigenvalue weighted by Crippen LogP contribution is 2.30. The number of hydrogen-bond acceptors (Lipinski definition) is 4. The highest BCUT2D eigenvalue weighted by atomic mass is 35.5. The van der Waals surface area contributed by atoms with Crippen LogP contribution in [0.15, 0.2) is 12.1 Å². The summed E-state index contributed by atoms with van der Waals surface area (Å²) in [6.45, 7) is 0. The molecule has 2 aromatic rings.